The van der Waals surface area contributed by atoms with Gasteiger partial charge in [0.25, 0.3) is 0 Å². The maximum absolute atomic E-state index is 12.2. The Hall–Kier alpha value is -2.21. The van der Waals surface area contributed by atoms with Gasteiger partial charge in [-0.3, -0.25) is 14.4 Å². The highest BCUT2D eigenvalue weighted by molar-refractivity contribution is 5.97. The molecule has 1 aliphatic carbocycles. The fourth-order valence-electron chi connectivity index (χ4n) is 3.46. The number of carbonyl (C=O) groups excluding carboxylic acids is 3. The van der Waals surface area contributed by atoms with Gasteiger partial charge >= 0.3 is 0 Å². The Balaban J connectivity index is 1.56. The van der Waals surface area contributed by atoms with Crippen LogP contribution in [0.1, 0.15) is 49.4 Å². The van der Waals surface area contributed by atoms with E-state index >= 15 is 0 Å². The number of nitrogens with one attached hydrogen (secondary N) is 3. The molecule has 0 aromatic heterocycles. The molecule has 1 aromatic carbocycles. The summed E-state index contributed by atoms with van der Waals surface area (Å²) in [6.07, 6.45) is 4.44. The van der Waals surface area contributed by atoms with E-state index in [4.69, 9.17) is 0 Å². The lowest BCUT2D eigenvalue weighted by Gasteiger charge is -2.40. The smallest absolute Gasteiger partial charge is 0.237 e. The van der Waals surface area contributed by atoms with E-state index in [0.717, 1.165) is 25.7 Å². The molecule has 1 aliphatic heterocycles. The Bertz CT molecular complexity index is 641. The molecular weight excluding hydrogens is 306 g/mol. The molecule has 3 rings (SSSR count). The number of ketones is 1. The quantitative estimate of drug-likeness (QED) is 0.733. The third-order valence-corrected chi connectivity index (χ3v) is 4.79. The van der Waals surface area contributed by atoms with E-state index in [2.05, 4.69) is 16.0 Å². The van der Waals surface area contributed by atoms with Crippen molar-refractivity contribution in [3.05, 3.63) is 29.8 Å². The lowest BCUT2D eigenvalue weighted by Crippen LogP contribution is -2.65. The minimum Gasteiger partial charge on any atom is -0.350 e. The predicted octanol–water partition coefficient (Wildman–Crippen LogP) is 1.62. The monoisotopic (exact) mass is 329 g/mol. The maximum atomic E-state index is 12.2. The topological polar surface area (TPSA) is 87.3 Å². The number of anilines is 1. The van der Waals surface area contributed by atoms with Crippen LogP contribution in [0.5, 0.6) is 0 Å². The summed E-state index contributed by atoms with van der Waals surface area (Å²) >= 11 is 0. The minimum atomic E-state index is -0.485. The third-order valence-electron chi connectivity index (χ3n) is 4.79. The first-order chi connectivity index (χ1) is 11.5. The molecule has 1 saturated carbocycles. The van der Waals surface area contributed by atoms with Crippen LogP contribution in [0.3, 0.4) is 0 Å². The molecule has 128 valence electrons. The van der Waals surface area contributed by atoms with Crippen molar-refractivity contribution in [2.24, 2.45) is 0 Å². The highest BCUT2D eigenvalue weighted by Gasteiger charge is 2.36. The summed E-state index contributed by atoms with van der Waals surface area (Å²) < 4.78 is 0. The van der Waals surface area contributed by atoms with Crippen molar-refractivity contribution in [3.63, 3.8) is 0 Å². The molecule has 0 spiro atoms. The summed E-state index contributed by atoms with van der Waals surface area (Å²) in [5.41, 5.74) is 1.22. The van der Waals surface area contributed by atoms with Gasteiger partial charge in [-0.2, -0.15) is 0 Å². The largest absolute Gasteiger partial charge is 0.350 e. The number of piperazine rings is 1. The number of hydrogen-bond acceptors (Lipinski definition) is 4. The number of rotatable bonds is 4. The summed E-state index contributed by atoms with van der Waals surface area (Å²) in [5.74, 6) is -0.328. The molecule has 1 aromatic rings. The molecule has 0 radical (unpaired) electrons. The van der Waals surface area contributed by atoms with E-state index in [1.54, 1.807) is 24.3 Å². The Morgan fingerprint density at radius 2 is 1.79 bits per heavy atom. The molecule has 0 unspecified atom stereocenters. The Labute approximate surface area is 141 Å². The van der Waals surface area contributed by atoms with Crippen LogP contribution in [0.4, 0.5) is 5.69 Å². The van der Waals surface area contributed by atoms with Crippen molar-refractivity contribution in [2.75, 3.05) is 5.32 Å². The fourth-order valence-corrected chi connectivity index (χ4v) is 3.46. The zero-order valence-corrected chi connectivity index (χ0v) is 13.8. The first kappa shape index (κ1) is 16.6. The first-order valence-corrected chi connectivity index (χ1v) is 8.50. The number of fused-ring (bicyclic) bond motifs is 1. The van der Waals surface area contributed by atoms with E-state index in [1.807, 2.05) is 0 Å². The van der Waals surface area contributed by atoms with Gasteiger partial charge in [-0.05, 0) is 44.0 Å². The zero-order chi connectivity index (χ0) is 17.1. The first-order valence-electron chi connectivity index (χ1n) is 8.50. The van der Waals surface area contributed by atoms with E-state index in [0.29, 0.717) is 11.3 Å². The normalized spacial score (nSPS) is 26.2. The van der Waals surface area contributed by atoms with E-state index in [-0.39, 0.29) is 36.1 Å². The summed E-state index contributed by atoms with van der Waals surface area (Å²) in [4.78, 5) is 35.6. The second-order valence-corrected chi connectivity index (χ2v) is 6.61. The van der Waals surface area contributed by atoms with E-state index in [1.165, 1.54) is 6.92 Å². The molecule has 1 heterocycles. The maximum Gasteiger partial charge on any atom is 0.237 e. The van der Waals surface area contributed by atoms with E-state index < -0.39 is 6.04 Å². The number of amides is 2. The average molecular weight is 329 g/mol. The second-order valence-electron chi connectivity index (χ2n) is 6.61. The molecule has 2 aliphatic rings. The van der Waals surface area contributed by atoms with Gasteiger partial charge in [0, 0.05) is 23.3 Å². The van der Waals surface area contributed by atoms with Gasteiger partial charge in [0.1, 0.15) is 0 Å². The number of Topliss-reactive ketones (excluding diaryl/α,β-unsaturated/α-hetero) is 1. The Morgan fingerprint density at radius 1 is 1.12 bits per heavy atom. The molecule has 2 fully saturated rings. The molecule has 6 nitrogen and oxygen atoms in total. The number of carbonyl (C=O) groups is 3. The fraction of sp³-hybridized carbons (Fsp3) is 0.500. The van der Waals surface area contributed by atoms with E-state index in [9.17, 15) is 14.4 Å². The van der Waals surface area contributed by atoms with Crippen LogP contribution in [0.2, 0.25) is 0 Å². The number of hydrogen-bond donors (Lipinski definition) is 3. The van der Waals surface area contributed by atoms with Gasteiger partial charge in [0.05, 0.1) is 12.5 Å². The summed E-state index contributed by atoms with van der Waals surface area (Å²) in [5, 5.41) is 9.14. The summed E-state index contributed by atoms with van der Waals surface area (Å²) in [6.45, 7) is 1.50. The SMILES string of the molecule is CC(=O)c1ccc(NC(=O)C[C@H]2N[C@H]3CCCC[C@@H]3NC2=O)cc1. The standard InChI is InChI=1S/C18H23N3O3/c1-11(22)12-6-8-13(9-7-12)19-17(23)10-16-18(24)21-15-5-3-2-4-14(15)20-16/h6-9,14-16,20H,2-5,10H2,1H3,(H,19,23)(H,21,24)/t14-,15-,16+/m0/s1. The Morgan fingerprint density at radius 3 is 2.46 bits per heavy atom. The van der Waals surface area contributed by atoms with Crippen LogP contribution in [0, 0.1) is 0 Å². The lowest BCUT2D eigenvalue weighted by atomic mass is 9.87. The average Bonchev–Trinajstić information content (AvgIpc) is 2.56. The number of benzene rings is 1. The van der Waals surface area contributed by atoms with Gasteiger partial charge in [-0.25, -0.2) is 0 Å². The van der Waals surface area contributed by atoms with Crippen molar-refractivity contribution >= 4 is 23.3 Å². The van der Waals surface area contributed by atoms with Gasteiger partial charge in [-0.1, -0.05) is 12.8 Å². The summed E-state index contributed by atoms with van der Waals surface area (Å²) in [7, 11) is 0. The highest BCUT2D eigenvalue weighted by Crippen LogP contribution is 2.22. The predicted molar refractivity (Wildman–Crippen MR) is 90.8 cm³/mol. The van der Waals surface area contributed by atoms with Crippen molar-refractivity contribution in [1.29, 1.82) is 0 Å². The van der Waals surface area contributed by atoms with Gasteiger partial charge < -0.3 is 16.0 Å². The molecule has 3 N–H and O–H groups in total. The molecule has 1 saturated heterocycles. The minimum absolute atomic E-state index is 0.0158. The van der Waals surface area contributed by atoms with Crippen molar-refractivity contribution < 1.29 is 14.4 Å². The second kappa shape index (κ2) is 7.13. The lowest BCUT2D eigenvalue weighted by molar-refractivity contribution is -0.129. The van der Waals surface area contributed by atoms with Crippen molar-refractivity contribution in [1.82, 2.24) is 10.6 Å². The zero-order valence-electron chi connectivity index (χ0n) is 13.8. The Kier molecular flexibility index (Phi) is 4.94. The van der Waals surface area contributed by atoms with Gasteiger partial charge in [-0.15, -0.1) is 0 Å². The van der Waals surface area contributed by atoms with Crippen LogP contribution in [-0.4, -0.2) is 35.7 Å². The molecule has 6 heteroatoms. The van der Waals surface area contributed by atoms with Gasteiger partial charge in [0.15, 0.2) is 5.78 Å². The third kappa shape index (κ3) is 3.82. The van der Waals surface area contributed by atoms with Crippen LogP contribution >= 0.6 is 0 Å². The van der Waals surface area contributed by atoms with Crippen LogP contribution in [-0.2, 0) is 9.59 Å². The highest BCUT2D eigenvalue weighted by atomic mass is 16.2. The molecule has 24 heavy (non-hydrogen) atoms. The summed E-state index contributed by atoms with van der Waals surface area (Å²) in [6, 6.07) is 6.72. The van der Waals surface area contributed by atoms with Crippen LogP contribution < -0.4 is 16.0 Å². The molecule has 3 atom stereocenters. The van der Waals surface area contributed by atoms with Crippen LogP contribution in [0.15, 0.2) is 24.3 Å². The van der Waals surface area contributed by atoms with Crippen LogP contribution in [0.25, 0.3) is 0 Å². The molecular formula is C18H23N3O3. The van der Waals surface area contributed by atoms with Crippen molar-refractivity contribution in [2.45, 2.75) is 57.2 Å². The molecule has 2 amide bonds. The van der Waals surface area contributed by atoms with Crippen molar-refractivity contribution in [3.8, 4) is 0 Å². The van der Waals surface area contributed by atoms with Gasteiger partial charge in [0.2, 0.25) is 11.8 Å². The molecule has 0 bridgehead atoms.